The summed E-state index contributed by atoms with van der Waals surface area (Å²) in [6.45, 7) is 6.19. The first-order valence-corrected chi connectivity index (χ1v) is 10.6. The number of morpholine rings is 1. The molecule has 0 amide bonds. The third-order valence-corrected chi connectivity index (χ3v) is 6.03. The van der Waals surface area contributed by atoms with E-state index in [0.29, 0.717) is 53.3 Å². The van der Waals surface area contributed by atoms with Gasteiger partial charge in [-0.3, -0.25) is 4.79 Å². The van der Waals surface area contributed by atoms with Crippen LogP contribution < -0.4 is 4.90 Å². The van der Waals surface area contributed by atoms with Gasteiger partial charge >= 0.3 is 5.97 Å². The molecule has 31 heavy (non-hydrogen) atoms. The van der Waals surface area contributed by atoms with Crippen LogP contribution in [-0.4, -0.2) is 44.7 Å². The highest BCUT2D eigenvalue weighted by atomic mass is 32.1. The number of allylic oxidation sites excluding steroid dienone is 1. The number of nitriles is 2. The van der Waals surface area contributed by atoms with Crippen LogP contribution in [0.4, 0.5) is 5.88 Å². The van der Waals surface area contributed by atoms with E-state index in [4.69, 9.17) is 13.9 Å². The van der Waals surface area contributed by atoms with Crippen LogP contribution in [0, 0.1) is 29.6 Å². The Morgan fingerprint density at radius 3 is 2.68 bits per heavy atom. The standard InChI is InChI=1S/C22H21N3O5S/c1-3-29-22(27)21-14(2)17(13-24)19(31-21)11-18(26)15(12-23)10-16-4-5-20(30-16)25-6-8-28-9-7-25/h4-5,10H,3,6-9,11H2,1-2H3. The number of thiophene rings is 1. The van der Waals surface area contributed by atoms with Crippen LogP contribution in [-0.2, 0) is 20.7 Å². The van der Waals surface area contributed by atoms with Crippen LogP contribution in [0.5, 0.6) is 0 Å². The lowest BCUT2D eigenvalue weighted by Gasteiger charge is -2.26. The molecule has 0 radical (unpaired) electrons. The molecular formula is C22H21N3O5S. The summed E-state index contributed by atoms with van der Waals surface area (Å²) in [5.74, 6) is 0.0583. The molecule has 0 spiro atoms. The first-order valence-electron chi connectivity index (χ1n) is 9.75. The van der Waals surface area contributed by atoms with E-state index in [1.165, 1.54) is 6.08 Å². The van der Waals surface area contributed by atoms with E-state index in [1.54, 1.807) is 26.0 Å². The number of hydrogen-bond acceptors (Lipinski definition) is 9. The summed E-state index contributed by atoms with van der Waals surface area (Å²) in [4.78, 5) is 27.6. The molecule has 2 aromatic heterocycles. The molecule has 3 rings (SSSR count). The second-order valence-corrected chi connectivity index (χ2v) is 7.84. The number of esters is 1. The van der Waals surface area contributed by atoms with Gasteiger partial charge in [-0.25, -0.2) is 4.79 Å². The molecule has 160 valence electrons. The maximum absolute atomic E-state index is 12.8. The topological polar surface area (TPSA) is 117 Å². The normalized spacial score (nSPS) is 14.1. The van der Waals surface area contributed by atoms with Gasteiger partial charge in [-0.2, -0.15) is 10.5 Å². The van der Waals surface area contributed by atoms with Gasteiger partial charge in [0, 0.05) is 36.5 Å². The predicted molar refractivity (Wildman–Crippen MR) is 114 cm³/mol. The molecular weight excluding hydrogens is 418 g/mol. The van der Waals surface area contributed by atoms with E-state index in [1.807, 2.05) is 17.0 Å². The summed E-state index contributed by atoms with van der Waals surface area (Å²) >= 11 is 1.05. The number of ketones is 1. The van der Waals surface area contributed by atoms with E-state index in [9.17, 15) is 20.1 Å². The van der Waals surface area contributed by atoms with Crippen molar-refractivity contribution in [2.45, 2.75) is 20.3 Å². The number of anilines is 1. The maximum atomic E-state index is 12.8. The van der Waals surface area contributed by atoms with Gasteiger partial charge in [-0.05, 0) is 25.5 Å². The number of ether oxygens (including phenoxy) is 2. The van der Waals surface area contributed by atoms with Crippen LogP contribution in [0.25, 0.3) is 6.08 Å². The Bertz CT molecular complexity index is 1090. The smallest absolute Gasteiger partial charge is 0.348 e. The van der Waals surface area contributed by atoms with Gasteiger partial charge in [0.25, 0.3) is 0 Å². The van der Waals surface area contributed by atoms with E-state index >= 15 is 0 Å². The molecule has 1 saturated heterocycles. The van der Waals surface area contributed by atoms with Crippen LogP contribution in [0.3, 0.4) is 0 Å². The van der Waals surface area contributed by atoms with Crippen LogP contribution in [0.1, 0.15) is 38.4 Å². The predicted octanol–water partition coefficient (Wildman–Crippen LogP) is 3.25. The van der Waals surface area contributed by atoms with Gasteiger partial charge in [0.05, 0.1) is 31.0 Å². The molecule has 0 bridgehead atoms. The largest absolute Gasteiger partial charge is 0.462 e. The van der Waals surface area contributed by atoms with Gasteiger partial charge in [-0.15, -0.1) is 11.3 Å². The number of nitrogens with zero attached hydrogens (tertiary/aromatic N) is 3. The van der Waals surface area contributed by atoms with Gasteiger partial charge in [0.1, 0.15) is 22.8 Å². The molecule has 2 aromatic rings. The van der Waals surface area contributed by atoms with Gasteiger partial charge in [0.2, 0.25) is 0 Å². The lowest BCUT2D eigenvalue weighted by atomic mass is 10.0. The van der Waals surface area contributed by atoms with Crippen molar-refractivity contribution < 1.29 is 23.5 Å². The molecule has 0 atom stereocenters. The van der Waals surface area contributed by atoms with Crippen molar-refractivity contribution in [3.8, 4) is 12.1 Å². The highest BCUT2D eigenvalue weighted by Gasteiger charge is 2.23. The van der Waals surface area contributed by atoms with Crippen molar-refractivity contribution in [1.82, 2.24) is 0 Å². The zero-order valence-electron chi connectivity index (χ0n) is 17.3. The zero-order chi connectivity index (χ0) is 22.4. The highest BCUT2D eigenvalue weighted by Crippen LogP contribution is 2.30. The van der Waals surface area contributed by atoms with Crippen molar-refractivity contribution in [2.75, 3.05) is 37.8 Å². The Morgan fingerprint density at radius 1 is 1.29 bits per heavy atom. The number of hydrogen-bond donors (Lipinski definition) is 0. The lowest BCUT2D eigenvalue weighted by molar-refractivity contribution is -0.114. The van der Waals surface area contributed by atoms with Gasteiger partial charge in [0.15, 0.2) is 11.7 Å². The number of carbonyl (C=O) groups is 2. The fourth-order valence-corrected chi connectivity index (χ4v) is 4.32. The summed E-state index contributed by atoms with van der Waals surface area (Å²) in [6, 6.07) is 7.45. The molecule has 1 fully saturated rings. The Balaban J connectivity index is 1.80. The Hall–Kier alpha value is -3.40. The molecule has 9 heteroatoms. The van der Waals surface area contributed by atoms with Gasteiger partial charge in [-0.1, -0.05) is 0 Å². The van der Waals surface area contributed by atoms with E-state index in [0.717, 1.165) is 11.3 Å². The van der Waals surface area contributed by atoms with E-state index < -0.39 is 11.8 Å². The summed E-state index contributed by atoms with van der Waals surface area (Å²) in [5.41, 5.74) is 0.666. The number of Topliss-reactive ketones (excluding diaryl/α,β-unsaturated/α-hetero) is 1. The fourth-order valence-electron chi connectivity index (χ4n) is 3.17. The van der Waals surface area contributed by atoms with Crippen LogP contribution >= 0.6 is 11.3 Å². The van der Waals surface area contributed by atoms with E-state index in [-0.39, 0.29) is 24.2 Å². The summed E-state index contributed by atoms with van der Waals surface area (Å²) in [7, 11) is 0. The summed E-state index contributed by atoms with van der Waals surface area (Å²) < 4.78 is 16.1. The zero-order valence-corrected chi connectivity index (χ0v) is 18.1. The first-order chi connectivity index (χ1) is 15.0. The Kier molecular flexibility index (Phi) is 7.24. The summed E-state index contributed by atoms with van der Waals surface area (Å²) in [5, 5.41) is 19.0. The molecule has 0 aromatic carbocycles. The highest BCUT2D eigenvalue weighted by molar-refractivity contribution is 7.14. The summed E-state index contributed by atoms with van der Waals surface area (Å²) in [6.07, 6.45) is 1.23. The maximum Gasteiger partial charge on any atom is 0.348 e. The molecule has 0 saturated carbocycles. The average molecular weight is 439 g/mol. The third-order valence-electron chi connectivity index (χ3n) is 4.76. The fraction of sp³-hybridized carbons (Fsp3) is 0.364. The molecule has 0 N–H and O–H groups in total. The molecule has 0 aliphatic carbocycles. The van der Waals surface area contributed by atoms with Crippen molar-refractivity contribution in [1.29, 1.82) is 10.5 Å². The number of rotatable bonds is 7. The second kappa shape index (κ2) is 10.1. The van der Waals surface area contributed by atoms with Crippen molar-refractivity contribution >= 4 is 35.0 Å². The molecule has 1 aliphatic rings. The molecule has 1 aliphatic heterocycles. The molecule has 8 nitrogen and oxygen atoms in total. The minimum atomic E-state index is -0.525. The SMILES string of the molecule is CCOC(=O)c1sc(CC(=O)C(C#N)=Cc2ccc(N3CCOCC3)o2)c(C#N)c1C. The minimum absolute atomic E-state index is 0.0875. The monoisotopic (exact) mass is 439 g/mol. The lowest BCUT2D eigenvalue weighted by Crippen LogP contribution is -2.35. The van der Waals surface area contributed by atoms with Crippen LogP contribution in [0.15, 0.2) is 22.1 Å². The Labute approximate surface area is 183 Å². The van der Waals surface area contributed by atoms with Crippen molar-refractivity contribution in [3.05, 3.63) is 44.3 Å². The van der Waals surface area contributed by atoms with Gasteiger partial charge < -0.3 is 18.8 Å². The third kappa shape index (κ3) is 5.02. The molecule has 0 unspecified atom stereocenters. The second-order valence-electron chi connectivity index (χ2n) is 6.73. The number of furan rings is 1. The Morgan fingerprint density at radius 2 is 2.03 bits per heavy atom. The van der Waals surface area contributed by atoms with Crippen LogP contribution in [0.2, 0.25) is 0 Å². The van der Waals surface area contributed by atoms with Crippen molar-refractivity contribution in [2.24, 2.45) is 0 Å². The van der Waals surface area contributed by atoms with E-state index in [2.05, 4.69) is 0 Å². The van der Waals surface area contributed by atoms with Crippen molar-refractivity contribution in [3.63, 3.8) is 0 Å². The number of carbonyl (C=O) groups excluding carboxylic acids is 2. The quantitative estimate of drug-likeness (QED) is 0.367. The minimum Gasteiger partial charge on any atom is -0.462 e. The average Bonchev–Trinajstić information content (AvgIpc) is 3.37. The first kappa shape index (κ1) is 22.3. The molecule has 3 heterocycles.